The fourth-order valence-electron chi connectivity index (χ4n) is 2.42. The minimum absolute atomic E-state index is 0.0407. The van der Waals surface area contributed by atoms with Crippen LogP contribution in [0.4, 0.5) is 0 Å². The lowest BCUT2D eigenvalue weighted by atomic mass is 10.1. The van der Waals surface area contributed by atoms with Gasteiger partial charge in [0.25, 0.3) is 0 Å². The lowest BCUT2D eigenvalue weighted by molar-refractivity contribution is -0.121. The molecule has 5 nitrogen and oxygen atoms in total. The number of aromatic nitrogens is 2. The highest BCUT2D eigenvalue weighted by Crippen LogP contribution is 2.20. The van der Waals surface area contributed by atoms with Crippen LogP contribution in [0.1, 0.15) is 30.8 Å². The second kappa shape index (κ2) is 7.94. The summed E-state index contributed by atoms with van der Waals surface area (Å²) in [6.45, 7) is 1.96. The molecule has 1 aromatic heterocycles. The van der Waals surface area contributed by atoms with Crippen LogP contribution in [-0.2, 0) is 11.2 Å². The van der Waals surface area contributed by atoms with Crippen molar-refractivity contribution < 1.29 is 9.21 Å². The van der Waals surface area contributed by atoms with Crippen molar-refractivity contribution in [1.29, 1.82) is 0 Å². The molecule has 0 aliphatic heterocycles. The fraction of sp³-hybridized carbons (Fsp3) is 0.211. The van der Waals surface area contributed by atoms with E-state index in [1.807, 2.05) is 49.4 Å². The summed E-state index contributed by atoms with van der Waals surface area (Å²) >= 11 is 5.86. The summed E-state index contributed by atoms with van der Waals surface area (Å²) < 4.78 is 5.60. The van der Waals surface area contributed by atoms with Crippen LogP contribution in [0, 0.1) is 0 Å². The SMILES string of the molecule is CC(NC(=O)CCc1nnc(-c2ccc(Cl)cc2)o1)c1ccccc1. The van der Waals surface area contributed by atoms with E-state index in [1.165, 1.54) is 0 Å². The van der Waals surface area contributed by atoms with Gasteiger partial charge >= 0.3 is 0 Å². The molecule has 0 spiro atoms. The van der Waals surface area contributed by atoms with Gasteiger partial charge in [-0.1, -0.05) is 41.9 Å². The molecule has 1 unspecified atom stereocenters. The average Bonchev–Trinajstić information content (AvgIpc) is 3.10. The number of hydrogen-bond donors (Lipinski definition) is 1. The first-order valence-corrected chi connectivity index (χ1v) is 8.42. The van der Waals surface area contributed by atoms with Gasteiger partial charge < -0.3 is 9.73 Å². The molecular weight excluding hydrogens is 338 g/mol. The van der Waals surface area contributed by atoms with Gasteiger partial charge in [-0.25, -0.2) is 0 Å². The first-order valence-electron chi connectivity index (χ1n) is 8.04. The van der Waals surface area contributed by atoms with Gasteiger partial charge in [-0.3, -0.25) is 4.79 Å². The van der Waals surface area contributed by atoms with E-state index in [2.05, 4.69) is 15.5 Å². The Balaban J connectivity index is 1.53. The number of carbonyl (C=O) groups excluding carboxylic acids is 1. The Morgan fingerprint density at radius 1 is 1.12 bits per heavy atom. The average molecular weight is 356 g/mol. The monoisotopic (exact) mass is 355 g/mol. The molecule has 1 amide bonds. The predicted octanol–water partition coefficient (Wildman–Crippen LogP) is 4.20. The molecule has 1 N–H and O–H groups in total. The zero-order valence-electron chi connectivity index (χ0n) is 13.8. The largest absolute Gasteiger partial charge is 0.421 e. The van der Waals surface area contributed by atoms with Crippen LogP contribution in [-0.4, -0.2) is 16.1 Å². The highest BCUT2D eigenvalue weighted by atomic mass is 35.5. The van der Waals surface area contributed by atoms with Gasteiger partial charge in [-0.15, -0.1) is 10.2 Å². The van der Waals surface area contributed by atoms with E-state index in [9.17, 15) is 4.79 Å². The maximum atomic E-state index is 12.1. The Hall–Kier alpha value is -2.66. The first kappa shape index (κ1) is 17.2. The number of aryl methyl sites for hydroxylation is 1. The summed E-state index contributed by atoms with van der Waals surface area (Å²) in [5.74, 6) is 0.805. The Labute approximate surface area is 151 Å². The summed E-state index contributed by atoms with van der Waals surface area (Å²) in [6, 6.07) is 16.9. The molecule has 2 aromatic carbocycles. The highest BCUT2D eigenvalue weighted by molar-refractivity contribution is 6.30. The summed E-state index contributed by atoms with van der Waals surface area (Å²) in [6.07, 6.45) is 0.688. The van der Waals surface area contributed by atoms with Gasteiger partial charge in [0, 0.05) is 23.4 Å². The van der Waals surface area contributed by atoms with E-state index in [4.69, 9.17) is 16.0 Å². The van der Waals surface area contributed by atoms with Crippen LogP contribution in [0.2, 0.25) is 5.02 Å². The Bertz CT molecular complexity index is 831. The van der Waals surface area contributed by atoms with Crippen molar-refractivity contribution in [2.24, 2.45) is 0 Å². The molecule has 0 radical (unpaired) electrons. The minimum Gasteiger partial charge on any atom is -0.421 e. The molecule has 3 aromatic rings. The lowest BCUT2D eigenvalue weighted by Crippen LogP contribution is -2.26. The fourth-order valence-corrected chi connectivity index (χ4v) is 2.55. The van der Waals surface area contributed by atoms with Crippen LogP contribution in [0.3, 0.4) is 0 Å². The molecule has 0 saturated carbocycles. The molecule has 0 aliphatic rings. The molecule has 0 saturated heterocycles. The number of nitrogens with one attached hydrogen (secondary N) is 1. The van der Waals surface area contributed by atoms with Gasteiger partial charge in [0.15, 0.2) is 0 Å². The Morgan fingerprint density at radius 3 is 2.56 bits per heavy atom. The zero-order chi connectivity index (χ0) is 17.6. The van der Waals surface area contributed by atoms with E-state index in [0.717, 1.165) is 11.1 Å². The van der Waals surface area contributed by atoms with Crippen molar-refractivity contribution in [2.75, 3.05) is 0 Å². The Morgan fingerprint density at radius 2 is 1.84 bits per heavy atom. The standard InChI is InChI=1S/C19H18ClN3O2/c1-13(14-5-3-2-4-6-14)21-17(24)11-12-18-22-23-19(25-18)15-7-9-16(20)10-8-15/h2-10,13H,11-12H2,1H3,(H,21,24). The normalized spacial score (nSPS) is 11.9. The van der Waals surface area contributed by atoms with Gasteiger partial charge in [-0.2, -0.15) is 0 Å². The number of hydrogen-bond acceptors (Lipinski definition) is 4. The number of amides is 1. The second-order valence-corrected chi connectivity index (χ2v) is 6.14. The van der Waals surface area contributed by atoms with Crippen LogP contribution >= 0.6 is 11.6 Å². The molecule has 128 valence electrons. The number of nitrogens with zero attached hydrogens (tertiary/aromatic N) is 2. The van der Waals surface area contributed by atoms with Crippen molar-refractivity contribution in [2.45, 2.75) is 25.8 Å². The third-order valence-electron chi connectivity index (χ3n) is 3.80. The van der Waals surface area contributed by atoms with E-state index < -0.39 is 0 Å². The molecule has 1 atom stereocenters. The van der Waals surface area contributed by atoms with Crippen molar-refractivity contribution in [3.8, 4) is 11.5 Å². The maximum absolute atomic E-state index is 12.1. The second-order valence-electron chi connectivity index (χ2n) is 5.71. The van der Waals surface area contributed by atoms with E-state index in [-0.39, 0.29) is 11.9 Å². The molecule has 3 rings (SSSR count). The van der Waals surface area contributed by atoms with Gasteiger partial charge in [0.05, 0.1) is 6.04 Å². The van der Waals surface area contributed by atoms with Gasteiger partial charge in [0.2, 0.25) is 17.7 Å². The summed E-state index contributed by atoms with van der Waals surface area (Å²) in [5.41, 5.74) is 1.86. The molecule has 0 bridgehead atoms. The summed E-state index contributed by atoms with van der Waals surface area (Å²) in [4.78, 5) is 12.1. The summed E-state index contributed by atoms with van der Waals surface area (Å²) in [5, 5.41) is 11.6. The van der Waals surface area contributed by atoms with Crippen molar-refractivity contribution in [3.63, 3.8) is 0 Å². The molecule has 0 fully saturated rings. The van der Waals surface area contributed by atoms with Gasteiger partial charge in [0.1, 0.15) is 0 Å². The van der Waals surface area contributed by atoms with E-state index in [0.29, 0.717) is 29.6 Å². The van der Waals surface area contributed by atoms with Crippen LogP contribution in [0.5, 0.6) is 0 Å². The molecule has 1 heterocycles. The zero-order valence-corrected chi connectivity index (χ0v) is 14.5. The number of carbonyl (C=O) groups is 1. The third kappa shape index (κ3) is 4.67. The number of rotatable bonds is 6. The van der Waals surface area contributed by atoms with Crippen LogP contribution < -0.4 is 5.32 Å². The van der Waals surface area contributed by atoms with E-state index in [1.54, 1.807) is 12.1 Å². The predicted molar refractivity (Wildman–Crippen MR) is 96.1 cm³/mol. The number of benzene rings is 2. The Kier molecular flexibility index (Phi) is 5.46. The van der Waals surface area contributed by atoms with Crippen molar-refractivity contribution in [3.05, 3.63) is 71.1 Å². The smallest absolute Gasteiger partial charge is 0.247 e. The maximum Gasteiger partial charge on any atom is 0.247 e. The van der Waals surface area contributed by atoms with Crippen molar-refractivity contribution in [1.82, 2.24) is 15.5 Å². The lowest BCUT2D eigenvalue weighted by Gasteiger charge is -2.13. The molecule has 6 heteroatoms. The summed E-state index contributed by atoms with van der Waals surface area (Å²) in [7, 11) is 0. The van der Waals surface area contributed by atoms with Crippen LogP contribution in [0.15, 0.2) is 59.0 Å². The van der Waals surface area contributed by atoms with Crippen LogP contribution in [0.25, 0.3) is 11.5 Å². The topological polar surface area (TPSA) is 68.0 Å². The third-order valence-corrected chi connectivity index (χ3v) is 4.05. The molecule has 0 aliphatic carbocycles. The first-order chi connectivity index (χ1) is 12.1. The minimum atomic E-state index is -0.0532. The quantitative estimate of drug-likeness (QED) is 0.719. The van der Waals surface area contributed by atoms with Crippen molar-refractivity contribution >= 4 is 17.5 Å². The highest BCUT2D eigenvalue weighted by Gasteiger charge is 2.13. The molecule has 25 heavy (non-hydrogen) atoms. The molecular formula is C19H18ClN3O2. The van der Waals surface area contributed by atoms with Gasteiger partial charge in [-0.05, 0) is 36.8 Å². The number of halogens is 1. The van der Waals surface area contributed by atoms with E-state index >= 15 is 0 Å².